The van der Waals surface area contributed by atoms with Crippen LogP contribution >= 0.6 is 0 Å². The van der Waals surface area contributed by atoms with E-state index in [4.69, 9.17) is 0 Å². The molecule has 1 heterocycles. The Hall–Kier alpha value is -2.18. The molecular formula is C12H10F3N3O. The molecule has 1 aromatic carbocycles. The second-order valence-corrected chi connectivity index (χ2v) is 3.89. The largest absolute Gasteiger partial charge is 0.296 e. The molecule has 0 unspecified atom stereocenters. The van der Waals surface area contributed by atoms with Crippen LogP contribution in [-0.2, 0) is 6.54 Å². The first kappa shape index (κ1) is 13.3. The Labute approximate surface area is 106 Å². The molecule has 100 valence electrons. The molecule has 4 nitrogen and oxygen atoms in total. The number of halogens is 3. The average molecular weight is 269 g/mol. The summed E-state index contributed by atoms with van der Waals surface area (Å²) < 4.78 is 41.2. The van der Waals surface area contributed by atoms with Crippen LogP contribution in [0, 0.1) is 17.5 Å². The molecule has 2 aromatic rings. The van der Waals surface area contributed by atoms with Crippen LogP contribution in [-0.4, -0.2) is 21.3 Å². The Morgan fingerprint density at radius 2 is 2.00 bits per heavy atom. The van der Waals surface area contributed by atoms with Crippen molar-refractivity contribution in [2.24, 2.45) is 0 Å². The van der Waals surface area contributed by atoms with Gasteiger partial charge in [-0.05, 0) is 18.6 Å². The van der Waals surface area contributed by atoms with E-state index in [9.17, 15) is 18.0 Å². The highest BCUT2D eigenvalue weighted by atomic mass is 19.2. The molecule has 1 aromatic heterocycles. The molecule has 0 aliphatic rings. The maximum absolute atomic E-state index is 13.8. The molecule has 0 atom stereocenters. The normalized spacial score (nSPS) is 10.7. The summed E-state index contributed by atoms with van der Waals surface area (Å²) in [4.78, 5) is 10.9. The zero-order chi connectivity index (χ0) is 14.0. The van der Waals surface area contributed by atoms with Crippen LogP contribution in [0.2, 0.25) is 0 Å². The second-order valence-electron chi connectivity index (χ2n) is 3.89. The summed E-state index contributed by atoms with van der Waals surface area (Å²) in [5, 5.41) is 7.28. The predicted molar refractivity (Wildman–Crippen MR) is 61.0 cm³/mol. The molecule has 2 rings (SSSR count). The number of carbonyl (C=O) groups excluding carboxylic acids is 1. The maximum atomic E-state index is 13.8. The zero-order valence-electron chi connectivity index (χ0n) is 10.0. The lowest BCUT2D eigenvalue weighted by molar-refractivity contribution is 0.111. The first-order valence-electron chi connectivity index (χ1n) is 5.62. The smallest absolute Gasteiger partial charge is 0.195 e. The van der Waals surface area contributed by atoms with Gasteiger partial charge < -0.3 is 0 Å². The molecule has 0 amide bonds. The number of rotatable bonds is 4. The monoisotopic (exact) mass is 269 g/mol. The zero-order valence-corrected chi connectivity index (χ0v) is 10.0. The van der Waals surface area contributed by atoms with Crippen molar-refractivity contribution in [2.45, 2.75) is 19.9 Å². The van der Waals surface area contributed by atoms with E-state index >= 15 is 0 Å². The topological polar surface area (TPSA) is 47.8 Å². The minimum atomic E-state index is -1.58. The average Bonchev–Trinajstić information content (AvgIpc) is 2.80. The number of hydrogen-bond acceptors (Lipinski definition) is 3. The van der Waals surface area contributed by atoms with Crippen LogP contribution in [0.4, 0.5) is 13.2 Å². The van der Waals surface area contributed by atoms with Crippen LogP contribution in [0.25, 0.3) is 11.3 Å². The van der Waals surface area contributed by atoms with Gasteiger partial charge in [0.25, 0.3) is 0 Å². The summed E-state index contributed by atoms with van der Waals surface area (Å²) >= 11 is 0. The van der Waals surface area contributed by atoms with Gasteiger partial charge >= 0.3 is 0 Å². The highest BCUT2D eigenvalue weighted by molar-refractivity contribution is 5.83. The number of hydrogen-bond donors (Lipinski definition) is 0. The molecule has 0 spiro atoms. The van der Waals surface area contributed by atoms with Crippen molar-refractivity contribution in [3.05, 3.63) is 35.3 Å². The summed E-state index contributed by atoms with van der Waals surface area (Å²) in [6.45, 7) is 2.24. The molecule has 0 N–H and O–H groups in total. The number of aryl methyl sites for hydroxylation is 1. The van der Waals surface area contributed by atoms with Crippen molar-refractivity contribution >= 4 is 6.29 Å². The van der Waals surface area contributed by atoms with Gasteiger partial charge in [-0.1, -0.05) is 12.1 Å². The quantitative estimate of drug-likeness (QED) is 0.633. The van der Waals surface area contributed by atoms with E-state index in [0.717, 1.165) is 12.1 Å². The van der Waals surface area contributed by atoms with Crippen molar-refractivity contribution in [1.82, 2.24) is 15.0 Å². The Bertz CT molecular complexity index is 625. The Kier molecular flexibility index (Phi) is 3.64. The number of aldehydes is 1. The van der Waals surface area contributed by atoms with E-state index in [1.54, 1.807) is 0 Å². The van der Waals surface area contributed by atoms with Gasteiger partial charge in [-0.15, -0.1) is 5.10 Å². The van der Waals surface area contributed by atoms with Gasteiger partial charge in [-0.25, -0.2) is 17.9 Å². The lowest BCUT2D eigenvalue weighted by Gasteiger charge is -2.07. The van der Waals surface area contributed by atoms with E-state index in [-0.39, 0.29) is 17.0 Å². The molecule has 0 aliphatic heterocycles. The molecule has 0 saturated carbocycles. The van der Waals surface area contributed by atoms with E-state index in [2.05, 4.69) is 10.3 Å². The van der Waals surface area contributed by atoms with E-state index in [0.29, 0.717) is 19.3 Å². The number of benzene rings is 1. The predicted octanol–water partition coefficient (Wildman–Crippen LogP) is 2.58. The second kappa shape index (κ2) is 5.21. The summed E-state index contributed by atoms with van der Waals surface area (Å²) in [6.07, 6.45) is 1.06. The molecular weight excluding hydrogens is 259 g/mol. The third kappa shape index (κ3) is 2.23. The summed E-state index contributed by atoms with van der Waals surface area (Å²) in [5.74, 6) is -4.23. The van der Waals surface area contributed by atoms with Gasteiger partial charge in [0.05, 0.1) is 0 Å². The molecule has 19 heavy (non-hydrogen) atoms. The highest BCUT2D eigenvalue weighted by Crippen LogP contribution is 2.27. The lowest BCUT2D eigenvalue weighted by atomic mass is 10.1. The molecule has 0 bridgehead atoms. The minimum absolute atomic E-state index is 0.0493. The van der Waals surface area contributed by atoms with E-state index in [1.807, 2.05) is 6.92 Å². The highest BCUT2D eigenvalue weighted by Gasteiger charge is 2.21. The fourth-order valence-corrected chi connectivity index (χ4v) is 1.76. The van der Waals surface area contributed by atoms with Crippen LogP contribution in [0.1, 0.15) is 23.8 Å². The van der Waals surface area contributed by atoms with E-state index < -0.39 is 17.5 Å². The van der Waals surface area contributed by atoms with Gasteiger partial charge in [0, 0.05) is 12.1 Å². The fourth-order valence-electron chi connectivity index (χ4n) is 1.76. The van der Waals surface area contributed by atoms with Gasteiger partial charge in [-0.3, -0.25) is 4.79 Å². The molecule has 0 saturated heterocycles. The summed E-state index contributed by atoms with van der Waals surface area (Å²) in [5.41, 5.74) is -0.300. The third-order valence-electron chi connectivity index (χ3n) is 2.60. The molecule has 0 fully saturated rings. The lowest BCUT2D eigenvalue weighted by Crippen LogP contribution is -2.05. The van der Waals surface area contributed by atoms with Crippen molar-refractivity contribution in [2.75, 3.05) is 0 Å². The van der Waals surface area contributed by atoms with Crippen LogP contribution in [0.3, 0.4) is 0 Å². The van der Waals surface area contributed by atoms with Crippen molar-refractivity contribution in [3.63, 3.8) is 0 Å². The fraction of sp³-hybridized carbons (Fsp3) is 0.250. The van der Waals surface area contributed by atoms with Crippen molar-refractivity contribution < 1.29 is 18.0 Å². The molecule has 0 radical (unpaired) electrons. The molecule has 7 heteroatoms. The van der Waals surface area contributed by atoms with Gasteiger partial charge in [0.2, 0.25) is 0 Å². The van der Waals surface area contributed by atoms with Crippen LogP contribution in [0.15, 0.2) is 12.1 Å². The number of carbonyl (C=O) groups is 1. The molecule has 0 aliphatic carbocycles. The van der Waals surface area contributed by atoms with Crippen molar-refractivity contribution in [3.8, 4) is 11.3 Å². The SMILES string of the molecule is CCCn1nnc(C=O)c1-c1ccc(F)c(F)c1F. The van der Waals surface area contributed by atoms with Crippen LogP contribution in [0.5, 0.6) is 0 Å². The Morgan fingerprint density at radius 3 is 2.63 bits per heavy atom. The summed E-state index contributed by atoms with van der Waals surface area (Å²) in [6, 6.07) is 1.86. The maximum Gasteiger partial charge on any atom is 0.195 e. The van der Waals surface area contributed by atoms with Crippen molar-refractivity contribution in [1.29, 1.82) is 0 Å². The number of nitrogens with zero attached hydrogens (tertiary/aromatic N) is 3. The van der Waals surface area contributed by atoms with Gasteiger partial charge in [0.15, 0.2) is 29.4 Å². The van der Waals surface area contributed by atoms with Gasteiger partial charge in [-0.2, -0.15) is 0 Å². The Morgan fingerprint density at radius 1 is 1.26 bits per heavy atom. The summed E-state index contributed by atoms with van der Waals surface area (Å²) in [7, 11) is 0. The van der Waals surface area contributed by atoms with Gasteiger partial charge in [0.1, 0.15) is 5.69 Å². The Balaban J connectivity index is 2.67. The number of aromatic nitrogens is 3. The minimum Gasteiger partial charge on any atom is -0.296 e. The standard InChI is InChI=1S/C12H10F3N3O/c1-2-5-18-12(9(6-19)16-17-18)7-3-4-8(13)11(15)10(7)14/h3-4,6H,2,5H2,1H3. The van der Waals surface area contributed by atoms with Crippen LogP contribution < -0.4 is 0 Å². The van der Waals surface area contributed by atoms with E-state index in [1.165, 1.54) is 4.68 Å². The first-order valence-corrected chi connectivity index (χ1v) is 5.62. The third-order valence-corrected chi connectivity index (χ3v) is 2.60. The first-order chi connectivity index (χ1) is 9.10.